The third-order valence-electron chi connectivity index (χ3n) is 2.21. The van der Waals surface area contributed by atoms with Gasteiger partial charge in [0.25, 0.3) is 0 Å². The summed E-state index contributed by atoms with van der Waals surface area (Å²) in [5.41, 5.74) is 1.15. The molecule has 0 atom stereocenters. The van der Waals surface area contributed by atoms with E-state index in [0.29, 0.717) is 12.5 Å². The van der Waals surface area contributed by atoms with Gasteiger partial charge in [-0.1, -0.05) is 6.08 Å². The van der Waals surface area contributed by atoms with Crippen LogP contribution in [0.3, 0.4) is 0 Å². The molecule has 0 aromatic rings. The molecule has 70 valence electrons. The Morgan fingerprint density at radius 1 is 1.62 bits per heavy atom. The van der Waals surface area contributed by atoms with Gasteiger partial charge in [0, 0.05) is 19.0 Å². The molecular formula is C10H14N2O. The number of nitrogens with one attached hydrogen (secondary N) is 2. The first-order valence-corrected chi connectivity index (χ1v) is 4.72. The van der Waals surface area contributed by atoms with Crippen LogP contribution in [0.1, 0.15) is 19.3 Å². The summed E-state index contributed by atoms with van der Waals surface area (Å²) in [6.45, 7) is 0.800. The van der Waals surface area contributed by atoms with Crippen LogP contribution in [0.15, 0.2) is 23.9 Å². The first-order chi connectivity index (χ1) is 6.34. The number of carbonyl (C=O) groups excluding carboxylic acids is 1. The first kappa shape index (κ1) is 8.35. The van der Waals surface area contributed by atoms with Gasteiger partial charge in [-0.3, -0.25) is 4.79 Å². The van der Waals surface area contributed by atoms with E-state index < -0.39 is 0 Å². The van der Waals surface area contributed by atoms with E-state index in [-0.39, 0.29) is 5.91 Å². The van der Waals surface area contributed by atoms with Crippen molar-refractivity contribution in [1.29, 1.82) is 0 Å². The van der Waals surface area contributed by atoms with E-state index in [1.54, 1.807) is 0 Å². The van der Waals surface area contributed by atoms with E-state index in [1.807, 2.05) is 18.4 Å². The molecule has 2 rings (SSSR count). The Balaban J connectivity index is 1.78. The number of hydrogen-bond donors (Lipinski definition) is 2. The fraction of sp³-hybridized carbons (Fsp3) is 0.500. The highest BCUT2D eigenvalue weighted by Crippen LogP contribution is 2.19. The summed E-state index contributed by atoms with van der Waals surface area (Å²) in [6, 6.07) is 0.472. The lowest BCUT2D eigenvalue weighted by Crippen LogP contribution is -2.27. The first-order valence-electron chi connectivity index (χ1n) is 4.72. The summed E-state index contributed by atoms with van der Waals surface area (Å²) in [4.78, 5) is 11.4. The molecule has 1 amide bonds. The van der Waals surface area contributed by atoms with Gasteiger partial charge in [-0.15, -0.1) is 0 Å². The molecular weight excluding hydrogens is 164 g/mol. The minimum Gasteiger partial charge on any atom is -0.387 e. The van der Waals surface area contributed by atoms with Gasteiger partial charge in [0.15, 0.2) is 0 Å². The maximum atomic E-state index is 11.4. The fourth-order valence-corrected chi connectivity index (χ4v) is 1.34. The summed E-state index contributed by atoms with van der Waals surface area (Å²) in [7, 11) is 0. The molecule has 2 N–H and O–H groups in total. The fourth-order valence-electron chi connectivity index (χ4n) is 1.34. The van der Waals surface area contributed by atoms with Gasteiger partial charge >= 0.3 is 0 Å². The topological polar surface area (TPSA) is 41.1 Å². The molecule has 3 heteroatoms. The van der Waals surface area contributed by atoms with Crippen molar-refractivity contribution in [3.8, 4) is 0 Å². The van der Waals surface area contributed by atoms with Crippen LogP contribution < -0.4 is 10.6 Å². The van der Waals surface area contributed by atoms with Crippen LogP contribution in [0.2, 0.25) is 0 Å². The van der Waals surface area contributed by atoms with E-state index in [4.69, 9.17) is 0 Å². The molecule has 2 aliphatic rings. The average molecular weight is 178 g/mol. The molecule has 13 heavy (non-hydrogen) atoms. The molecule has 0 aromatic heterocycles. The van der Waals surface area contributed by atoms with Gasteiger partial charge in [-0.25, -0.2) is 0 Å². The van der Waals surface area contributed by atoms with Crippen molar-refractivity contribution in [2.75, 3.05) is 6.54 Å². The maximum absolute atomic E-state index is 11.4. The van der Waals surface area contributed by atoms with Crippen molar-refractivity contribution >= 4 is 5.91 Å². The monoisotopic (exact) mass is 178 g/mol. The van der Waals surface area contributed by atoms with E-state index in [9.17, 15) is 4.79 Å². The predicted molar refractivity (Wildman–Crippen MR) is 51.0 cm³/mol. The van der Waals surface area contributed by atoms with Crippen LogP contribution in [0, 0.1) is 0 Å². The molecule has 0 aromatic carbocycles. The maximum Gasteiger partial charge on any atom is 0.224 e. The average Bonchev–Trinajstić information content (AvgIpc) is 2.90. The predicted octanol–water partition coefficient (Wildman–Crippen LogP) is 0.698. The van der Waals surface area contributed by atoms with Crippen LogP contribution in [-0.2, 0) is 4.79 Å². The van der Waals surface area contributed by atoms with Gasteiger partial charge in [0.2, 0.25) is 5.91 Å². The highest BCUT2D eigenvalue weighted by Gasteiger charge is 2.23. The van der Waals surface area contributed by atoms with Crippen molar-refractivity contribution in [1.82, 2.24) is 10.6 Å². The lowest BCUT2D eigenvalue weighted by Gasteiger charge is -2.10. The highest BCUT2D eigenvalue weighted by atomic mass is 16.1. The van der Waals surface area contributed by atoms with E-state index in [1.165, 1.54) is 0 Å². The van der Waals surface area contributed by atoms with Crippen LogP contribution in [0.25, 0.3) is 0 Å². The van der Waals surface area contributed by atoms with E-state index in [0.717, 1.165) is 25.0 Å². The number of carbonyl (C=O) groups is 1. The second kappa shape index (κ2) is 3.64. The number of dihydropyridines is 1. The molecule has 1 fully saturated rings. The van der Waals surface area contributed by atoms with Gasteiger partial charge in [0.1, 0.15) is 0 Å². The molecule has 0 spiro atoms. The number of rotatable bonds is 3. The van der Waals surface area contributed by atoms with E-state index in [2.05, 4.69) is 10.6 Å². The number of amides is 1. The molecule has 0 unspecified atom stereocenters. The Kier molecular flexibility index (Phi) is 2.34. The Morgan fingerprint density at radius 3 is 3.08 bits per heavy atom. The third-order valence-corrected chi connectivity index (χ3v) is 2.21. The zero-order chi connectivity index (χ0) is 9.10. The van der Waals surface area contributed by atoms with Gasteiger partial charge in [-0.05, 0) is 30.7 Å². The van der Waals surface area contributed by atoms with Crippen molar-refractivity contribution in [3.05, 3.63) is 23.9 Å². The lowest BCUT2D eigenvalue weighted by molar-refractivity contribution is -0.120. The molecule has 0 saturated heterocycles. The quantitative estimate of drug-likeness (QED) is 0.668. The Bertz CT molecular complexity index is 264. The molecule has 0 bridgehead atoms. The highest BCUT2D eigenvalue weighted by molar-refractivity contribution is 5.79. The molecule has 1 saturated carbocycles. The normalized spacial score (nSPS) is 20.5. The van der Waals surface area contributed by atoms with Gasteiger partial charge < -0.3 is 10.6 Å². The van der Waals surface area contributed by atoms with Gasteiger partial charge in [-0.2, -0.15) is 0 Å². The minimum absolute atomic E-state index is 0.158. The molecule has 1 aliphatic carbocycles. The molecule has 1 heterocycles. The Morgan fingerprint density at radius 2 is 2.46 bits per heavy atom. The van der Waals surface area contributed by atoms with Crippen molar-refractivity contribution < 1.29 is 4.79 Å². The molecule has 1 aliphatic heterocycles. The summed E-state index contributed by atoms with van der Waals surface area (Å²) >= 11 is 0. The van der Waals surface area contributed by atoms with Gasteiger partial charge in [0.05, 0.1) is 0 Å². The van der Waals surface area contributed by atoms with Crippen LogP contribution in [0.4, 0.5) is 0 Å². The standard InChI is InChI=1S/C10H14N2O/c13-10(12-9-3-4-9)6-8-2-1-5-11-7-8/h1-2,5,9,11H,3-4,6-7H2,(H,12,13). The largest absolute Gasteiger partial charge is 0.387 e. The Labute approximate surface area is 77.9 Å². The molecule has 0 radical (unpaired) electrons. The molecule has 3 nitrogen and oxygen atoms in total. The lowest BCUT2D eigenvalue weighted by atomic mass is 10.1. The second-order valence-electron chi connectivity index (χ2n) is 3.58. The van der Waals surface area contributed by atoms with Crippen LogP contribution in [0.5, 0.6) is 0 Å². The van der Waals surface area contributed by atoms with Crippen molar-refractivity contribution in [3.63, 3.8) is 0 Å². The second-order valence-corrected chi connectivity index (χ2v) is 3.58. The number of hydrogen-bond acceptors (Lipinski definition) is 2. The summed E-state index contributed by atoms with van der Waals surface area (Å²) in [5, 5.41) is 6.05. The van der Waals surface area contributed by atoms with Crippen LogP contribution >= 0.6 is 0 Å². The van der Waals surface area contributed by atoms with Crippen molar-refractivity contribution in [2.45, 2.75) is 25.3 Å². The zero-order valence-electron chi connectivity index (χ0n) is 7.55. The van der Waals surface area contributed by atoms with E-state index >= 15 is 0 Å². The summed E-state index contributed by atoms with van der Waals surface area (Å²) in [6.07, 6.45) is 8.67. The third kappa shape index (κ3) is 2.61. The summed E-state index contributed by atoms with van der Waals surface area (Å²) < 4.78 is 0. The minimum atomic E-state index is 0.158. The Hall–Kier alpha value is -1.25. The van der Waals surface area contributed by atoms with Crippen molar-refractivity contribution in [2.24, 2.45) is 0 Å². The zero-order valence-corrected chi connectivity index (χ0v) is 7.55. The smallest absolute Gasteiger partial charge is 0.224 e. The van der Waals surface area contributed by atoms with Crippen LogP contribution in [-0.4, -0.2) is 18.5 Å². The summed E-state index contributed by atoms with van der Waals surface area (Å²) in [5.74, 6) is 0.158. The number of allylic oxidation sites excluding steroid dienone is 2. The SMILES string of the molecule is O=C(CC1=CC=CNC1)NC1CC1.